The number of nitrogens with zero attached hydrogens (tertiary/aromatic N) is 1. The molecule has 0 fully saturated rings. The van der Waals surface area contributed by atoms with Crippen LogP contribution in [0.4, 0.5) is 0 Å². The second kappa shape index (κ2) is 11.5. The highest BCUT2D eigenvalue weighted by molar-refractivity contribution is 6.31. The quantitative estimate of drug-likeness (QED) is 0.582. The second-order valence-corrected chi connectivity index (χ2v) is 7.62. The van der Waals surface area contributed by atoms with Crippen LogP contribution in [0.25, 0.3) is 0 Å². The van der Waals surface area contributed by atoms with Crippen molar-refractivity contribution < 1.29 is 14.3 Å². The molecule has 2 aromatic rings. The minimum absolute atomic E-state index is 0.00138. The highest BCUT2D eigenvalue weighted by atomic mass is 35.5. The van der Waals surface area contributed by atoms with E-state index < -0.39 is 6.04 Å². The summed E-state index contributed by atoms with van der Waals surface area (Å²) >= 11 is 6.28. The van der Waals surface area contributed by atoms with Gasteiger partial charge in [-0.3, -0.25) is 9.59 Å². The summed E-state index contributed by atoms with van der Waals surface area (Å²) in [4.78, 5) is 27.1. The molecule has 0 saturated heterocycles. The molecule has 0 bridgehead atoms. The lowest BCUT2D eigenvalue weighted by Gasteiger charge is -2.29. The fourth-order valence-electron chi connectivity index (χ4n) is 2.87. The van der Waals surface area contributed by atoms with Crippen LogP contribution < -0.4 is 10.1 Å². The molecule has 0 heterocycles. The van der Waals surface area contributed by atoms with Gasteiger partial charge in [0.05, 0.1) is 6.61 Å². The summed E-state index contributed by atoms with van der Waals surface area (Å²) in [6.45, 7) is 6.25. The molecule has 29 heavy (non-hydrogen) atoms. The lowest BCUT2D eigenvalue weighted by molar-refractivity contribution is -0.141. The predicted octanol–water partition coefficient (Wildman–Crippen LogP) is 4.44. The first-order valence-corrected chi connectivity index (χ1v) is 10.3. The SMILES string of the molecule is CC(C)NC(=O)[C@@H](C)N(Cc1ccccc1Cl)C(=O)CCCOc1ccccc1. The maximum absolute atomic E-state index is 12.9. The predicted molar refractivity (Wildman–Crippen MR) is 116 cm³/mol. The van der Waals surface area contributed by atoms with E-state index in [9.17, 15) is 9.59 Å². The largest absolute Gasteiger partial charge is 0.494 e. The second-order valence-electron chi connectivity index (χ2n) is 7.22. The molecule has 1 atom stereocenters. The van der Waals surface area contributed by atoms with E-state index in [0.717, 1.165) is 11.3 Å². The molecule has 2 aromatic carbocycles. The molecule has 1 N–H and O–H groups in total. The van der Waals surface area contributed by atoms with Gasteiger partial charge < -0.3 is 15.0 Å². The molecule has 156 valence electrons. The summed E-state index contributed by atoms with van der Waals surface area (Å²) in [7, 11) is 0. The van der Waals surface area contributed by atoms with Crippen molar-refractivity contribution in [2.45, 2.75) is 52.2 Å². The first-order chi connectivity index (χ1) is 13.9. The number of hydrogen-bond donors (Lipinski definition) is 1. The van der Waals surface area contributed by atoms with Gasteiger partial charge in [0.1, 0.15) is 11.8 Å². The summed E-state index contributed by atoms with van der Waals surface area (Å²) in [6, 6.07) is 16.3. The maximum Gasteiger partial charge on any atom is 0.242 e. The van der Waals surface area contributed by atoms with Crippen LogP contribution >= 0.6 is 11.6 Å². The van der Waals surface area contributed by atoms with Gasteiger partial charge in [0.15, 0.2) is 0 Å². The van der Waals surface area contributed by atoms with Crippen molar-refractivity contribution in [1.82, 2.24) is 10.2 Å². The minimum atomic E-state index is -0.601. The molecule has 0 spiro atoms. The zero-order valence-electron chi connectivity index (χ0n) is 17.2. The van der Waals surface area contributed by atoms with Crippen molar-refractivity contribution in [3.05, 3.63) is 65.2 Å². The summed E-state index contributed by atoms with van der Waals surface area (Å²) in [6.07, 6.45) is 0.849. The molecule has 0 saturated carbocycles. The van der Waals surface area contributed by atoms with Gasteiger partial charge >= 0.3 is 0 Å². The standard InChI is InChI=1S/C23H29ClN2O3/c1-17(2)25-23(28)18(3)26(16-19-10-7-8-13-21(19)24)22(27)14-9-15-29-20-11-5-4-6-12-20/h4-8,10-13,17-18H,9,14-16H2,1-3H3,(H,25,28)/t18-/m1/s1. The summed E-state index contributed by atoms with van der Waals surface area (Å²) < 4.78 is 5.66. The number of hydrogen-bond acceptors (Lipinski definition) is 3. The van der Waals surface area contributed by atoms with Crippen LogP contribution in [0, 0.1) is 0 Å². The van der Waals surface area contributed by atoms with E-state index in [4.69, 9.17) is 16.3 Å². The Morgan fingerprint density at radius 2 is 1.69 bits per heavy atom. The first kappa shape index (κ1) is 22.8. The highest BCUT2D eigenvalue weighted by Crippen LogP contribution is 2.19. The highest BCUT2D eigenvalue weighted by Gasteiger charge is 2.26. The lowest BCUT2D eigenvalue weighted by Crippen LogP contribution is -2.49. The van der Waals surface area contributed by atoms with E-state index in [1.807, 2.05) is 62.4 Å². The Balaban J connectivity index is 2.01. The molecule has 2 rings (SSSR count). The average molecular weight is 417 g/mol. The Morgan fingerprint density at radius 1 is 1.03 bits per heavy atom. The number of halogens is 1. The molecular weight excluding hydrogens is 388 g/mol. The number of amides is 2. The van der Waals surface area contributed by atoms with Gasteiger partial charge in [-0.25, -0.2) is 0 Å². The van der Waals surface area contributed by atoms with Gasteiger partial charge in [0.25, 0.3) is 0 Å². The topological polar surface area (TPSA) is 58.6 Å². The molecular formula is C23H29ClN2O3. The molecule has 0 unspecified atom stereocenters. The van der Waals surface area contributed by atoms with Crippen LogP contribution in [-0.2, 0) is 16.1 Å². The Bertz CT molecular complexity index is 796. The molecule has 2 amide bonds. The zero-order chi connectivity index (χ0) is 21.2. The number of carbonyl (C=O) groups is 2. The van der Waals surface area contributed by atoms with E-state index in [-0.39, 0.29) is 30.8 Å². The zero-order valence-corrected chi connectivity index (χ0v) is 18.0. The summed E-state index contributed by atoms with van der Waals surface area (Å²) in [5, 5.41) is 3.45. The van der Waals surface area contributed by atoms with E-state index in [1.54, 1.807) is 17.9 Å². The number of rotatable bonds is 10. The minimum Gasteiger partial charge on any atom is -0.494 e. The summed E-state index contributed by atoms with van der Waals surface area (Å²) in [5.74, 6) is 0.492. The van der Waals surface area contributed by atoms with Crippen molar-refractivity contribution in [1.29, 1.82) is 0 Å². The fraction of sp³-hybridized carbons (Fsp3) is 0.391. The molecule has 0 aliphatic heterocycles. The van der Waals surface area contributed by atoms with Crippen LogP contribution in [-0.4, -0.2) is 35.4 Å². The molecule has 0 aliphatic carbocycles. The van der Waals surface area contributed by atoms with Crippen molar-refractivity contribution in [3.8, 4) is 5.75 Å². The number of ether oxygens (including phenoxy) is 1. The Hall–Kier alpha value is -2.53. The number of para-hydroxylation sites is 1. The van der Waals surface area contributed by atoms with Crippen molar-refractivity contribution >= 4 is 23.4 Å². The van der Waals surface area contributed by atoms with Crippen molar-refractivity contribution in [2.75, 3.05) is 6.61 Å². The average Bonchev–Trinajstić information content (AvgIpc) is 2.70. The molecule has 0 radical (unpaired) electrons. The van der Waals surface area contributed by atoms with Crippen LogP contribution in [0.1, 0.15) is 39.2 Å². The fourth-order valence-corrected chi connectivity index (χ4v) is 3.07. The van der Waals surface area contributed by atoms with Crippen molar-refractivity contribution in [3.63, 3.8) is 0 Å². The van der Waals surface area contributed by atoms with Crippen LogP contribution in [0.3, 0.4) is 0 Å². The van der Waals surface area contributed by atoms with E-state index in [1.165, 1.54) is 0 Å². The third-order valence-corrected chi connectivity index (χ3v) is 4.81. The number of nitrogens with one attached hydrogen (secondary N) is 1. The molecule has 5 nitrogen and oxygen atoms in total. The Morgan fingerprint density at radius 3 is 2.34 bits per heavy atom. The normalized spacial score (nSPS) is 11.8. The maximum atomic E-state index is 12.9. The number of benzene rings is 2. The first-order valence-electron chi connectivity index (χ1n) is 9.89. The van der Waals surface area contributed by atoms with E-state index >= 15 is 0 Å². The Kier molecular flexibility index (Phi) is 9.00. The van der Waals surface area contributed by atoms with Gasteiger partial charge in [0.2, 0.25) is 11.8 Å². The van der Waals surface area contributed by atoms with Crippen LogP contribution in [0.5, 0.6) is 5.75 Å². The summed E-state index contributed by atoms with van der Waals surface area (Å²) in [5.41, 5.74) is 0.812. The Labute approximate surface area is 178 Å². The van der Waals surface area contributed by atoms with Crippen LogP contribution in [0.15, 0.2) is 54.6 Å². The van der Waals surface area contributed by atoms with Gasteiger partial charge in [0, 0.05) is 24.0 Å². The van der Waals surface area contributed by atoms with Gasteiger partial charge in [-0.2, -0.15) is 0 Å². The van der Waals surface area contributed by atoms with Gasteiger partial charge in [-0.1, -0.05) is 48.0 Å². The third kappa shape index (κ3) is 7.42. The molecule has 0 aromatic heterocycles. The van der Waals surface area contributed by atoms with Crippen LogP contribution in [0.2, 0.25) is 5.02 Å². The smallest absolute Gasteiger partial charge is 0.242 e. The number of carbonyl (C=O) groups excluding carboxylic acids is 2. The monoisotopic (exact) mass is 416 g/mol. The van der Waals surface area contributed by atoms with Gasteiger partial charge in [-0.15, -0.1) is 0 Å². The van der Waals surface area contributed by atoms with Crippen molar-refractivity contribution in [2.24, 2.45) is 0 Å². The van der Waals surface area contributed by atoms with Gasteiger partial charge in [-0.05, 0) is 51.0 Å². The lowest BCUT2D eigenvalue weighted by atomic mass is 10.1. The van der Waals surface area contributed by atoms with E-state index in [0.29, 0.717) is 18.1 Å². The third-order valence-electron chi connectivity index (χ3n) is 4.44. The molecule has 6 heteroatoms. The molecule has 0 aliphatic rings. The van der Waals surface area contributed by atoms with E-state index in [2.05, 4.69) is 5.32 Å².